The van der Waals surface area contributed by atoms with Crippen LogP contribution in [-0.4, -0.2) is 11.9 Å². The van der Waals surface area contributed by atoms with E-state index in [2.05, 4.69) is 21.8 Å². The molecule has 0 unspecified atom stereocenters. The molecule has 2 aromatic carbocycles. The van der Waals surface area contributed by atoms with E-state index in [4.69, 9.17) is 0 Å². The predicted molar refractivity (Wildman–Crippen MR) is 81.6 cm³/mol. The Morgan fingerprint density at radius 3 is 2.00 bits per heavy atom. The van der Waals surface area contributed by atoms with E-state index in [0.29, 0.717) is 5.71 Å². The first-order chi connectivity index (χ1) is 9.38. The molecule has 0 saturated heterocycles. The maximum absolute atomic E-state index is 4.46. The van der Waals surface area contributed by atoms with Gasteiger partial charge < -0.3 is 0 Å². The average Bonchev–Trinajstić information content (AvgIpc) is 2.47. The Balaban J connectivity index is 0.00000200. The van der Waals surface area contributed by atoms with Crippen molar-refractivity contribution < 1.29 is 16.5 Å². The Bertz CT molecular complexity index is 635. The molecule has 0 amide bonds. The molecule has 0 atom stereocenters. The van der Waals surface area contributed by atoms with Gasteiger partial charge in [-0.3, -0.25) is 4.99 Å². The van der Waals surface area contributed by atoms with Crippen LogP contribution in [0.2, 0.25) is 0 Å². The molecule has 0 aliphatic rings. The van der Waals surface area contributed by atoms with Crippen molar-refractivity contribution >= 4 is 23.3 Å². The van der Waals surface area contributed by atoms with Crippen LogP contribution >= 0.6 is 0 Å². The average molecular weight is 305 g/mol. The van der Waals surface area contributed by atoms with Gasteiger partial charge in [0.05, 0.1) is 17.6 Å². The predicted octanol–water partition coefficient (Wildman–Crippen LogP) is 4.18. The second-order valence-electron chi connectivity index (χ2n) is 3.80. The number of hydrogen-bond acceptors (Lipinski definition) is 2. The minimum Gasteiger partial charge on any atom is -0.254 e. The van der Waals surface area contributed by atoms with Gasteiger partial charge >= 0.3 is 0 Å². The summed E-state index contributed by atoms with van der Waals surface area (Å²) in [7, 11) is 0. The molecule has 0 radical (unpaired) electrons. The quantitative estimate of drug-likeness (QED) is 0.462. The molecule has 20 heavy (non-hydrogen) atoms. The number of benzene rings is 2. The van der Waals surface area contributed by atoms with E-state index in [1.165, 1.54) is 0 Å². The standard InChI is InChI=1S/C17H14N2.Ni/c1-2-9-17(19-16-12-7-4-8-13-16)14-18-15-10-5-3-6-11-15;/h3-8,10-14H,1H3;/b18-14+,19-17+;. The molecule has 3 heteroatoms. The molecule has 2 aromatic rings. The largest absolute Gasteiger partial charge is 0.254 e. The van der Waals surface area contributed by atoms with Gasteiger partial charge in [-0.15, -0.1) is 0 Å². The maximum atomic E-state index is 4.46. The summed E-state index contributed by atoms with van der Waals surface area (Å²) in [5, 5.41) is 0. The van der Waals surface area contributed by atoms with E-state index in [9.17, 15) is 0 Å². The molecule has 0 aliphatic carbocycles. The Kier molecular flexibility index (Phi) is 7.03. The summed E-state index contributed by atoms with van der Waals surface area (Å²) in [6.45, 7) is 1.79. The summed E-state index contributed by atoms with van der Waals surface area (Å²) >= 11 is 0. The Hall–Kier alpha value is -2.17. The summed E-state index contributed by atoms with van der Waals surface area (Å²) < 4.78 is 0. The van der Waals surface area contributed by atoms with E-state index >= 15 is 0 Å². The van der Waals surface area contributed by atoms with Crippen LogP contribution in [0.25, 0.3) is 0 Å². The minimum absolute atomic E-state index is 0. The normalized spacial score (nSPS) is 10.6. The van der Waals surface area contributed by atoms with Gasteiger partial charge in [0.1, 0.15) is 5.71 Å². The minimum atomic E-state index is 0. The molecule has 2 rings (SSSR count). The number of aliphatic imine (C=N–C) groups is 2. The van der Waals surface area contributed by atoms with E-state index in [1.54, 1.807) is 13.1 Å². The third kappa shape index (κ3) is 5.22. The SMILES string of the molecule is CC#CC(/C=N/c1ccccc1)=N\c1ccccc1.[Ni]. The molecular formula is C17H14N2Ni. The topological polar surface area (TPSA) is 24.7 Å². The van der Waals surface area contributed by atoms with Gasteiger partial charge in [-0.2, -0.15) is 0 Å². The first-order valence-electron chi connectivity index (χ1n) is 6.04. The summed E-state index contributed by atoms with van der Waals surface area (Å²) in [4.78, 5) is 8.82. The summed E-state index contributed by atoms with van der Waals surface area (Å²) in [5.41, 5.74) is 2.42. The summed E-state index contributed by atoms with van der Waals surface area (Å²) in [5.74, 6) is 5.80. The van der Waals surface area contributed by atoms with Crippen LogP contribution in [0.1, 0.15) is 6.92 Å². The zero-order chi connectivity index (χ0) is 13.3. The third-order valence-corrected chi connectivity index (χ3v) is 2.35. The van der Waals surface area contributed by atoms with Gasteiger partial charge in [0.2, 0.25) is 0 Å². The molecule has 0 aromatic heterocycles. The van der Waals surface area contributed by atoms with Gasteiger partial charge in [-0.05, 0) is 37.1 Å². The van der Waals surface area contributed by atoms with Gasteiger partial charge in [0.15, 0.2) is 0 Å². The third-order valence-electron chi connectivity index (χ3n) is 2.35. The van der Waals surface area contributed by atoms with Crippen molar-refractivity contribution in [3.05, 3.63) is 60.7 Å². The van der Waals surface area contributed by atoms with Gasteiger partial charge in [0, 0.05) is 16.5 Å². The fourth-order valence-electron chi connectivity index (χ4n) is 1.51. The van der Waals surface area contributed by atoms with Gasteiger partial charge in [-0.1, -0.05) is 42.3 Å². The summed E-state index contributed by atoms with van der Waals surface area (Å²) in [6, 6.07) is 19.5. The zero-order valence-electron chi connectivity index (χ0n) is 11.1. The fraction of sp³-hybridized carbons (Fsp3) is 0.0588. The monoisotopic (exact) mass is 304 g/mol. The fourth-order valence-corrected chi connectivity index (χ4v) is 1.51. The van der Waals surface area contributed by atoms with Crippen LogP contribution in [0.3, 0.4) is 0 Å². The van der Waals surface area contributed by atoms with Crippen LogP contribution in [0.15, 0.2) is 70.6 Å². The smallest absolute Gasteiger partial charge is 0.132 e. The van der Waals surface area contributed by atoms with E-state index in [-0.39, 0.29) is 16.5 Å². The van der Waals surface area contributed by atoms with Gasteiger partial charge in [-0.25, -0.2) is 4.99 Å². The van der Waals surface area contributed by atoms with Gasteiger partial charge in [0.25, 0.3) is 0 Å². The van der Waals surface area contributed by atoms with Crippen LogP contribution in [0, 0.1) is 11.8 Å². The Labute approximate surface area is 129 Å². The molecule has 0 N–H and O–H groups in total. The number of nitrogens with zero attached hydrogens (tertiary/aromatic N) is 2. The zero-order valence-corrected chi connectivity index (χ0v) is 12.0. The maximum Gasteiger partial charge on any atom is 0.132 e. The first-order valence-corrected chi connectivity index (χ1v) is 6.04. The van der Waals surface area contributed by atoms with Crippen molar-refractivity contribution in [2.75, 3.05) is 0 Å². The van der Waals surface area contributed by atoms with Crippen LogP contribution in [0.4, 0.5) is 11.4 Å². The van der Waals surface area contributed by atoms with Crippen LogP contribution < -0.4 is 0 Å². The Morgan fingerprint density at radius 1 is 0.900 bits per heavy atom. The molecule has 0 heterocycles. The number of para-hydroxylation sites is 2. The van der Waals surface area contributed by atoms with Crippen molar-refractivity contribution in [2.24, 2.45) is 9.98 Å². The van der Waals surface area contributed by atoms with E-state index in [0.717, 1.165) is 11.4 Å². The molecule has 0 spiro atoms. The second-order valence-corrected chi connectivity index (χ2v) is 3.80. The molecule has 0 saturated carbocycles. The van der Waals surface area contributed by atoms with Crippen molar-refractivity contribution in [3.8, 4) is 11.8 Å². The molecule has 102 valence electrons. The number of hydrogen-bond donors (Lipinski definition) is 0. The van der Waals surface area contributed by atoms with Crippen molar-refractivity contribution in [2.45, 2.75) is 6.92 Å². The van der Waals surface area contributed by atoms with E-state index in [1.807, 2.05) is 60.7 Å². The molecular weight excluding hydrogens is 291 g/mol. The first kappa shape index (κ1) is 15.9. The van der Waals surface area contributed by atoms with Crippen molar-refractivity contribution in [3.63, 3.8) is 0 Å². The van der Waals surface area contributed by atoms with Crippen molar-refractivity contribution in [1.29, 1.82) is 0 Å². The van der Waals surface area contributed by atoms with Crippen LogP contribution in [-0.2, 0) is 16.5 Å². The van der Waals surface area contributed by atoms with Crippen molar-refractivity contribution in [1.82, 2.24) is 0 Å². The summed E-state index contributed by atoms with van der Waals surface area (Å²) in [6.07, 6.45) is 1.69. The molecule has 2 nitrogen and oxygen atoms in total. The molecule has 0 fully saturated rings. The second kappa shape index (κ2) is 8.85. The van der Waals surface area contributed by atoms with E-state index < -0.39 is 0 Å². The Morgan fingerprint density at radius 2 is 1.45 bits per heavy atom. The molecule has 0 aliphatic heterocycles. The van der Waals surface area contributed by atoms with Crippen LogP contribution in [0.5, 0.6) is 0 Å². The molecule has 0 bridgehead atoms. The number of rotatable bonds is 3.